The number of hydrogen-bond donors (Lipinski definition) is 1. The Morgan fingerprint density at radius 2 is 1.97 bits per heavy atom. The van der Waals surface area contributed by atoms with E-state index >= 15 is 0 Å². The van der Waals surface area contributed by atoms with Gasteiger partial charge in [-0.2, -0.15) is 0 Å². The molecule has 0 aliphatic carbocycles. The first kappa shape index (κ1) is 21.1. The van der Waals surface area contributed by atoms with Gasteiger partial charge in [-0.05, 0) is 55.7 Å². The first-order valence-corrected chi connectivity index (χ1v) is 9.97. The van der Waals surface area contributed by atoms with Crippen molar-refractivity contribution in [3.05, 3.63) is 64.7 Å². The molecular weight excluding hydrogens is 394 g/mol. The van der Waals surface area contributed by atoms with Crippen molar-refractivity contribution in [1.82, 2.24) is 5.32 Å². The minimum absolute atomic E-state index is 0.129. The van der Waals surface area contributed by atoms with Gasteiger partial charge in [0, 0.05) is 18.2 Å². The molecule has 29 heavy (non-hydrogen) atoms. The number of carbonyl (C=O) groups excluding carboxylic acids is 2. The lowest BCUT2D eigenvalue weighted by atomic mass is 10.2. The van der Waals surface area contributed by atoms with E-state index in [1.54, 1.807) is 30.3 Å². The largest absolute Gasteiger partial charge is 0.491 e. The van der Waals surface area contributed by atoms with Crippen LogP contribution in [0.3, 0.4) is 0 Å². The number of carbonyl (C=O) groups is 2. The Morgan fingerprint density at radius 3 is 2.66 bits per heavy atom. The first-order valence-electron chi connectivity index (χ1n) is 9.59. The Kier molecular flexibility index (Phi) is 7.49. The van der Waals surface area contributed by atoms with Crippen LogP contribution >= 0.6 is 11.6 Å². The number of halogens is 1. The lowest BCUT2D eigenvalue weighted by Gasteiger charge is -2.14. The fourth-order valence-corrected chi connectivity index (χ4v) is 3.10. The van der Waals surface area contributed by atoms with E-state index in [4.69, 9.17) is 25.8 Å². The summed E-state index contributed by atoms with van der Waals surface area (Å²) >= 11 is 6.07. The van der Waals surface area contributed by atoms with Crippen LogP contribution in [0, 0.1) is 0 Å². The fourth-order valence-electron chi connectivity index (χ4n) is 2.90. The minimum atomic E-state index is -0.930. The molecule has 1 aliphatic rings. The van der Waals surface area contributed by atoms with Gasteiger partial charge in [-0.3, -0.25) is 4.79 Å². The highest BCUT2D eigenvalue weighted by Gasteiger charge is 2.19. The third-order valence-corrected chi connectivity index (χ3v) is 4.98. The van der Waals surface area contributed by atoms with Crippen LogP contribution in [0.5, 0.6) is 5.75 Å². The number of hydrogen-bond acceptors (Lipinski definition) is 5. The predicted molar refractivity (Wildman–Crippen MR) is 109 cm³/mol. The smallest absolute Gasteiger partial charge is 0.338 e. The van der Waals surface area contributed by atoms with Gasteiger partial charge < -0.3 is 19.5 Å². The van der Waals surface area contributed by atoms with Gasteiger partial charge in [-0.15, -0.1) is 0 Å². The molecule has 0 bridgehead atoms. The molecule has 6 nitrogen and oxygen atoms in total. The summed E-state index contributed by atoms with van der Waals surface area (Å²) in [5.41, 5.74) is 1.14. The van der Waals surface area contributed by atoms with Crippen LogP contribution in [0.15, 0.2) is 48.5 Å². The summed E-state index contributed by atoms with van der Waals surface area (Å²) in [7, 11) is 0. The second-order valence-corrected chi connectivity index (χ2v) is 7.23. The maximum Gasteiger partial charge on any atom is 0.338 e. The van der Waals surface area contributed by atoms with Gasteiger partial charge in [0.25, 0.3) is 5.91 Å². The SMILES string of the molecule is C[C@H](OC(=O)c1ccc(OC[C@@H]2CCCO2)cc1)C(=O)NCc1ccccc1Cl. The second kappa shape index (κ2) is 10.3. The van der Waals surface area contributed by atoms with E-state index in [1.807, 2.05) is 18.2 Å². The van der Waals surface area contributed by atoms with Crippen molar-refractivity contribution in [2.45, 2.75) is 38.5 Å². The Labute approximate surface area is 175 Å². The maximum atomic E-state index is 12.3. The Balaban J connectivity index is 1.45. The normalized spacial score (nSPS) is 16.8. The van der Waals surface area contributed by atoms with E-state index in [-0.39, 0.29) is 12.6 Å². The van der Waals surface area contributed by atoms with E-state index in [0.717, 1.165) is 25.0 Å². The van der Waals surface area contributed by atoms with Crippen molar-refractivity contribution in [3.63, 3.8) is 0 Å². The molecule has 1 saturated heterocycles. The van der Waals surface area contributed by atoms with E-state index in [9.17, 15) is 9.59 Å². The molecule has 2 atom stereocenters. The van der Waals surface area contributed by atoms with Crippen LogP contribution in [-0.2, 0) is 20.8 Å². The molecule has 1 heterocycles. The van der Waals surface area contributed by atoms with E-state index < -0.39 is 18.0 Å². The number of ether oxygens (including phenoxy) is 3. The van der Waals surface area contributed by atoms with Crippen molar-refractivity contribution >= 4 is 23.5 Å². The van der Waals surface area contributed by atoms with Gasteiger partial charge in [0.1, 0.15) is 12.4 Å². The molecule has 0 aromatic heterocycles. The first-order chi connectivity index (χ1) is 14.0. The molecule has 2 aromatic rings. The van der Waals surface area contributed by atoms with E-state index in [1.165, 1.54) is 6.92 Å². The van der Waals surface area contributed by atoms with Crippen LogP contribution < -0.4 is 10.1 Å². The summed E-state index contributed by atoms with van der Waals surface area (Å²) < 4.78 is 16.4. The Morgan fingerprint density at radius 1 is 1.21 bits per heavy atom. The average Bonchev–Trinajstić information content (AvgIpc) is 3.25. The maximum absolute atomic E-state index is 12.3. The summed E-state index contributed by atoms with van der Waals surface area (Å²) in [5, 5.41) is 3.29. The van der Waals surface area contributed by atoms with Gasteiger partial charge in [0.05, 0.1) is 11.7 Å². The van der Waals surface area contributed by atoms with Crippen molar-refractivity contribution in [2.24, 2.45) is 0 Å². The summed E-state index contributed by atoms with van der Waals surface area (Å²) in [5.74, 6) is -0.312. The number of esters is 1. The highest BCUT2D eigenvalue weighted by atomic mass is 35.5. The third-order valence-electron chi connectivity index (χ3n) is 4.61. The number of amides is 1. The second-order valence-electron chi connectivity index (χ2n) is 6.83. The zero-order valence-corrected chi connectivity index (χ0v) is 17.0. The quantitative estimate of drug-likeness (QED) is 0.662. The lowest BCUT2D eigenvalue weighted by Crippen LogP contribution is -2.35. The Bertz CT molecular complexity index is 833. The predicted octanol–water partition coefficient (Wildman–Crippen LogP) is 3.76. The van der Waals surface area contributed by atoms with Crippen LogP contribution in [0.25, 0.3) is 0 Å². The summed E-state index contributed by atoms with van der Waals surface area (Å²) in [6, 6.07) is 13.9. The molecule has 154 valence electrons. The zero-order valence-electron chi connectivity index (χ0n) is 16.2. The summed E-state index contributed by atoms with van der Waals surface area (Å²) in [4.78, 5) is 24.5. The standard InChI is InChI=1S/C22H24ClNO5/c1-15(21(25)24-13-17-5-2-3-7-20(17)23)29-22(26)16-8-10-18(11-9-16)28-14-19-6-4-12-27-19/h2-3,5,7-11,15,19H,4,6,12-14H2,1H3,(H,24,25)/t15-,19-/m0/s1. The molecule has 0 spiro atoms. The number of benzene rings is 2. The third kappa shape index (κ3) is 6.21. The Hall–Kier alpha value is -2.57. The fraction of sp³-hybridized carbons (Fsp3) is 0.364. The monoisotopic (exact) mass is 417 g/mol. The topological polar surface area (TPSA) is 73.9 Å². The molecule has 2 aromatic carbocycles. The average molecular weight is 418 g/mol. The minimum Gasteiger partial charge on any atom is -0.491 e. The van der Waals surface area contributed by atoms with Gasteiger partial charge >= 0.3 is 5.97 Å². The summed E-state index contributed by atoms with van der Waals surface area (Å²) in [6.07, 6.45) is 1.26. The highest BCUT2D eigenvalue weighted by molar-refractivity contribution is 6.31. The molecule has 1 fully saturated rings. The molecule has 3 rings (SSSR count). The molecule has 7 heteroatoms. The molecule has 1 N–H and O–H groups in total. The van der Waals surface area contributed by atoms with E-state index in [0.29, 0.717) is 22.9 Å². The van der Waals surface area contributed by atoms with Gasteiger partial charge in [-0.1, -0.05) is 29.8 Å². The number of rotatable bonds is 8. The molecule has 0 unspecified atom stereocenters. The van der Waals surface area contributed by atoms with Crippen molar-refractivity contribution in [3.8, 4) is 5.75 Å². The summed E-state index contributed by atoms with van der Waals surface area (Å²) in [6.45, 7) is 3.06. The van der Waals surface area contributed by atoms with Crippen LogP contribution in [0.1, 0.15) is 35.7 Å². The van der Waals surface area contributed by atoms with Gasteiger partial charge in [0.2, 0.25) is 0 Å². The number of nitrogens with one attached hydrogen (secondary N) is 1. The van der Waals surface area contributed by atoms with Gasteiger partial charge in [0.15, 0.2) is 6.10 Å². The molecular formula is C22H24ClNO5. The molecule has 0 radical (unpaired) electrons. The molecule has 1 amide bonds. The van der Waals surface area contributed by atoms with Crippen LogP contribution in [0.2, 0.25) is 5.02 Å². The molecule has 1 aliphatic heterocycles. The van der Waals surface area contributed by atoms with Crippen molar-refractivity contribution in [1.29, 1.82) is 0 Å². The van der Waals surface area contributed by atoms with Crippen molar-refractivity contribution < 1.29 is 23.8 Å². The highest BCUT2D eigenvalue weighted by Crippen LogP contribution is 2.18. The zero-order chi connectivity index (χ0) is 20.6. The molecule has 0 saturated carbocycles. The van der Waals surface area contributed by atoms with E-state index in [2.05, 4.69) is 5.32 Å². The lowest BCUT2D eigenvalue weighted by molar-refractivity contribution is -0.129. The van der Waals surface area contributed by atoms with Gasteiger partial charge in [-0.25, -0.2) is 4.79 Å². The van der Waals surface area contributed by atoms with Crippen LogP contribution in [0.4, 0.5) is 0 Å². The van der Waals surface area contributed by atoms with Crippen molar-refractivity contribution in [2.75, 3.05) is 13.2 Å². The van der Waals surface area contributed by atoms with Crippen LogP contribution in [-0.4, -0.2) is 37.3 Å².